The van der Waals surface area contributed by atoms with Crippen LogP contribution in [0.1, 0.15) is 0 Å². The van der Waals surface area contributed by atoms with Crippen molar-refractivity contribution in [3.63, 3.8) is 0 Å². The van der Waals surface area contributed by atoms with Crippen LogP contribution in [0, 0.1) is 10.1 Å². The zero-order valence-electron chi connectivity index (χ0n) is 5.87. The van der Waals surface area contributed by atoms with Crippen molar-refractivity contribution in [3.8, 4) is 0 Å². The topological polar surface area (TPSA) is 43.1 Å². The van der Waals surface area contributed by atoms with E-state index in [4.69, 9.17) is 11.6 Å². The lowest BCUT2D eigenvalue weighted by molar-refractivity contribution is -0.383. The summed E-state index contributed by atoms with van der Waals surface area (Å²) >= 11 is 5.60. The number of halogens is 1. The molecule has 11 heavy (non-hydrogen) atoms. The highest BCUT2D eigenvalue weighted by Gasteiger charge is 2.08. The normalized spacial score (nSPS) is 9.55. The first-order chi connectivity index (χ1) is 5.11. The lowest BCUT2D eigenvalue weighted by atomic mass is 9.94. The summed E-state index contributed by atoms with van der Waals surface area (Å²) in [6.45, 7) is 0. The second-order valence-electron chi connectivity index (χ2n) is 2.19. The predicted octanol–water partition coefficient (Wildman–Crippen LogP) is 0.507. The first-order valence-corrected chi connectivity index (χ1v) is 3.39. The minimum absolute atomic E-state index is 0.106. The molecule has 0 aliphatic carbocycles. The fourth-order valence-corrected chi connectivity index (χ4v) is 1.05. The van der Waals surface area contributed by atoms with Gasteiger partial charge in [-0.05, 0) is 17.6 Å². The summed E-state index contributed by atoms with van der Waals surface area (Å²) < 4.78 is 0. The van der Waals surface area contributed by atoms with Crippen molar-refractivity contribution in [2.75, 3.05) is 0 Å². The van der Waals surface area contributed by atoms with E-state index in [0.717, 1.165) is 0 Å². The van der Waals surface area contributed by atoms with Crippen LogP contribution in [-0.2, 0) is 0 Å². The van der Waals surface area contributed by atoms with Crippen LogP contribution in [-0.4, -0.2) is 12.8 Å². The lowest BCUT2D eigenvalue weighted by Gasteiger charge is -1.95. The third-order valence-electron chi connectivity index (χ3n) is 1.36. The molecule has 0 amide bonds. The Labute approximate surface area is 69.5 Å². The molecule has 0 radical (unpaired) electrons. The largest absolute Gasteiger partial charge is 0.263 e. The molecular weight excluding hydrogens is 164 g/mol. The Bertz CT molecular complexity index is 303. The molecule has 3 nitrogen and oxygen atoms in total. The molecule has 0 N–H and O–H groups in total. The molecule has 0 aliphatic heterocycles. The van der Waals surface area contributed by atoms with E-state index in [-0.39, 0.29) is 5.69 Å². The van der Waals surface area contributed by atoms with E-state index >= 15 is 0 Å². The Morgan fingerprint density at radius 1 is 1.55 bits per heavy atom. The second-order valence-corrected chi connectivity index (χ2v) is 2.62. The molecule has 0 fully saturated rings. The Hall–Kier alpha value is -1.03. The van der Waals surface area contributed by atoms with Crippen LogP contribution in [0.2, 0.25) is 5.02 Å². The van der Waals surface area contributed by atoms with E-state index < -0.39 is 4.92 Å². The maximum absolute atomic E-state index is 10.3. The summed E-state index contributed by atoms with van der Waals surface area (Å²) in [4.78, 5) is 9.87. The molecule has 0 atom stereocenters. The monoisotopic (exact) mass is 169 g/mol. The molecule has 0 unspecified atom stereocenters. The average Bonchev–Trinajstić information content (AvgIpc) is 1.85. The van der Waals surface area contributed by atoms with Gasteiger partial charge in [-0.25, -0.2) is 0 Å². The zero-order valence-corrected chi connectivity index (χ0v) is 6.63. The summed E-state index contributed by atoms with van der Waals surface area (Å²) in [6, 6.07) is 4.48. The van der Waals surface area contributed by atoms with Gasteiger partial charge >= 0.3 is 0 Å². The molecule has 0 heterocycles. The van der Waals surface area contributed by atoms with Gasteiger partial charge in [0, 0.05) is 11.1 Å². The number of nitro groups is 1. The van der Waals surface area contributed by atoms with Gasteiger partial charge in [0.05, 0.1) is 4.92 Å². The van der Waals surface area contributed by atoms with Crippen molar-refractivity contribution in [2.45, 2.75) is 0 Å². The van der Waals surface area contributed by atoms with Crippen LogP contribution in [0.15, 0.2) is 18.2 Å². The molecule has 0 aliphatic rings. The van der Waals surface area contributed by atoms with Gasteiger partial charge in [-0.3, -0.25) is 10.1 Å². The smallest absolute Gasteiger partial charge is 0.258 e. The van der Waals surface area contributed by atoms with Crippen LogP contribution in [0.25, 0.3) is 0 Å². The SMILES string of the molecule is Bc1cc(Cl)ccc1[N+](=O)[O-]. The number of rotatable bonds is 1. The third-order valence-corrected chi connectivity index (χ3v) is 1.59. The molecule has 1 rings (SSSR count). The molecule has 56 valence electrons. The number of hydrogen-bond acceptors (Lipinski definition) is 2. The Morgan fingerprint density at radius 2 is 2.18 bits per heavy atom. The fraction of sp³-hybridized carbons (Fsp3) is 0. The fourth-order valence-electron chi connectivity index (χ4n) is 0.824. The summed E-state index contributed by atoms with van der Waals surface area (Å²) in [7, 11) is 1.66. The highest BCUT2D eigenvalue weighted by molar-refractivity contribution is 6.38. The molecule has 1 aromatic carbocycles. The van der Waals surface area contributed by atoms with Gasteiger partial charge in [-0.1, -0.05) is 11.6 Å². The van der Waals surface area contributed by atoms with Gasteiger partial charge < -0.3 is 0 Å². The first kappa shape index (κ1) is 8.08. The average molecular weight is 169 g/mol. The summed E-state index contributed by atoms with van der Waals surface area (Å²) in [5.74, 6) is 0. The molecule has 5 heteroatoms. The molecular formula is C6H5BClNO2. The lowest BCUT2D eigenvalue weighted by Crippen LogP contribution is -2.08. The van der Waals surface area contributed by atoms with Crippen LogP contribution < -0.4 is 5.46 Å². The quantitative estimate of drug-likeness (QED) is 0.349. The van der Waals surface area contributed by atoms with E-state index in [2.05, 4.69) is 0 Å². The molecule has 0 saturated heterocycles. The first-order valence-electron chi connectivity index (χ1n) is 3.02. The summed E-state index contributed by atoms with van der Waals surface area (Å²) in [5.41, 5.74) is 0.692. The highest BCUT2D eigenvalue weighted by atomic mass is 35.5. The number of nitrogens with zero attached hydrogens (tertiary/aromatic N) is 1. The summed E-state index contributed by atoms with van der Waals surface area (Å²) in [6.07, 6.45) is 0. The van der Waals surface area contributed by atoms with Gasteiger partial charge in [0.1, 0.15) is 7.85 Å². The van der Waals surface area contributed by atoms with Gasteiger partial charge in [0.2, 0.25) is 0 Å². The van der Waals surface area contributed by atoms with E-state index in [1.807, 2.05) is 0 Å². The highest BCUT2D eigenvalue weighted by Crippen LogP contribution is 2.11. The zero-order chi connectivity index (χ0) is 8.43. The minimum atomic E-state index is -0.425. The van der Waals surface area contributed by atoms with Crippen molar-refractivity contribution in [3.05, 3.63) is 33.3 Å². The van der Waals surface area contributed by atoms with Gasteiger partial charge in [0.25, 0.3) is 5.69 Å². The third kappa shape index (κ3) is 1.71. The van der Waals surface area contributed by atoms with E-state index in [1.165, 1.54) is 12.1 Å². The number of benzene rings is 1. The van der Waals surface area contributed by atoms with Gasteiger partial charge in [-0.15, -0.1) is 0 Å². The van der Waals surface area contributed by atoms with Crippen molar-refractivity contribution in [1.82, 2.24) is 0 Å². The van der Waals surface area contributed by atoms with E-state index in [1.54, 1.807) is 13.9 Å². The Balaban J connectivity index is 3.20. The standard InChI is InChI=1S/C6H5BClNO2/c7-5-3-4(8)1-2-6(5)9(10)11/h1-3H,7H2. The van der Waals surface area contributed by atoms with Crippen LogP contribution in [0.4, 0.5) is 5.69 Å². The molecule has 0 aromatic heterocycles. The van der Waals surface area contributed by atoms with Crippen molar-refractivity contribution in [2.24, 2.45) is 0 Å². The van der Waals surface area contributed by atoms with Crippen LogP contribution in [0.3, 0.4) is 0 Å². The molecule has 1 aromatic rings. The Morgan fingerprint density at radius 3 is 2.64 bits per heavy atom. The Kier molecular flexibility index (Phi) is 2.15. The minimum Gasteiger partial charge on any atom is -0.258 e. The maximum Gasteiger partial charge on any atom is 0.263 e. The molecule has 0 bridgehead atoms. The predicted molar refractivity (Wildman–Crippen MR) is 46.3 cm³/mol. The molecule has 0 spiro atoms. The summed E-state index contributed by atoms with van der Waals surface area (Å²) in [5, 5.41) is 10.8. The number of hydrogen-bond donors (Lipinski definition) is 0. The van der Waals surface area contributed by atoms with Gasteiger partial charge in [-0.2, -0.15) is 0 Å². The van der Waals surface area contributed by atoms with Crippen molar-refractivity contribution >= 4 is 30.6 Å². The van der Waals surface area contributed by atoms with Crippen molar-refractivity contribution < 1.29 is 4.92 Å². The van der Waals surface area contributed by atoms with Crippen molar-refractivity contribution in [1.29, 1.82) is 0 Å². The van der Waals surface area contributed by atoms with Gasteiger partial charge in [0.15, 0.2) is 0 Å². The number of nitro benzene ring substituents is 1. The van der Waals surface area contributed by atoms with E-state index in [9.17, 15) is 10.1 Å². The van der Waals surface area contributed by atoms with Crippen LogP contribution >= 0.6 is 11.6 Å². The second kappa shape index (κ2) is 2.92. The molecule has 0 saturated carbocycles. The van der Waals surface area contributed by atoms with E-state index in [0.29, 0.717) is 10.5 Å². The van der Waals surface area contributed by atoms with Crippen LogP contribution in [0.5, 0.6) is 0 Å². The maximum atomic E-state index is 10.3.